The number of carbonyl (C=O) groups excluding carboxylic acids is 2. The van der Waals surface area contributed by atoms with Gasteiger partial charge < -0.3 is 15.0 Å². The van der Waals surface area contributed by atoms with Crippen molar-refractivity contribution in [3.05, 3.63) is 59.7 Å². The molecule has 22 heavy (non-hydrogen) atoms. The van der Waals surface area contributed by atoms with Gasteiger partial charge in [0.2, 0.25) is 0 Å². The Labute approximate surface area is 129 Å². The summed E-state index contributed by atoms with van der Waals surface area (Å²) >= 11 is 0. The molecule has 0 bridgehead atoms. The third kappa shape index (κ3) is 3.95. The molecule has 2 aromatic rings. The molecule has 0 aromatic heterocycles. The maximum atomic E-state index is 12.7. The van der Waals surface area contributed by atoms with Gasteiger partial charge >= 0.3 is 0 Å². The van der Waals surface area contributed by atoms with Crippen molar-refractivity contribution in [2.24, 2.45) is 0 Å². The number of aromatic hydroxyl groups is 2. The lowest BCUT2D eigenvalue weighted by Gasteiger charge is -2.16. The van der Waals surface area contributed by atoms with Gasteiger partial charge in [-0.25, -0.2) is 0 Å². The summed E-state index contributed by atoms with van der Waals surface area (Å²) in [5.41, 5.74) is 1.32. The maximum Gasteiger partial charge on any atom is 0.170 e. The first-order chi connectivity index (χ1) is 10.6. The smallest absolute Gasteiger partial charge is 0.170 e. The molecule has 2 rings (SSSR count). The van der Waals surface area contributed by atoms with Crippen molar-refractivity contribution in [3.8, 4) is 11.5 Å². The summed E-state index contributed by atoms with van der Waals surface area (Å²) in [6.45, 7) is 0. The van der Waals surface area contributed by atoms with Gasteiger partial charge in [0.1, 0.15) is 17.8 Å². The number of rotatable bonds is 7. The molecular weight excluding hydrogens is 280 g/mol. The fourth-order valence-corrected chi connectivity index (χ4v) is 2.39. The zero-order valence-electron chi connectivity index (χ0n) is 12.1. The number of hydrogen-bond donors (Lipinski definition) is 2. The molecule has 0 saturated carbocycles. The van der Waals surface area contributed by atoms with Crippen molar-refractivity contribution >= 4 is 12.1 Å². The maximum absolute atomic E-state index is 12.7. The molecule has 0 aliphatic carbocycles. The van der Waals surface area contributed by atoms with E-state index in [4.69, 9.17) is 0 Å². The quantitative estimate of drug-likeness (QED) is 0.466. The first-order valence-electron chi connectivity index (χ1n) is 7.17. The van der Waals surface area contributed by atoms with Gasteiger partial charge in [0.05, 0.1) is 0 Å². The van der Waals surface area contributed by atoms with Crippen LogP contribution in [0.2, 0.25) is 0 Å². The molecule has 4 nitrogen and oxygen atoms in total. The van der Waals surface area contributed by atoms with Crippen LogP contribution in [0.4, 0.5) is 0 Å². The lowest BCUT2D eigenvalue weighted by molar-refractivity contribution is -0.107. The molecule has 2 aromatic carbocycles. The van der Waals surface area contributed by atoms with Crippen LogP contribution < -0.4 is 0 Å². The molecule has 0 heterocycles. The number of ketones is 1. The van der Waals surface area contributed by atoms with Gasteiger partial charge in [0.25, 0.3) is 0 Å². The molecule has 1 unspecified atom stereocenters. The van der Waals surface area contributed by atoms with Crippen LogP contribution in [0.15, 0.2) is 48.5 Å². The number of phenols is 2. The van der Waals surface area contributed by atoms with Gasteiger partial charge in [-0.05, 0) is 54.8 Å². The van der Waals surface area contributed by atoms with Crippen LogP contribution in [-0.4, -0.2) is 22.3 Å². The van der Waals surface area contributed by atoms with Crippen molar-refractivity contribution < 1.29 is 19.8 Å². The number of benzene rings is 2. The van der Waals surface area contributed by atoms with Crippen LogP contribution in [0.3, 0.4) is 0 Å². The van der Waals surface area contributed by atoms with Gasteiger partial charge in [-0.3, -0.25) is 4.79 Å². The first kappa shape index (κ1) is 15.8. The van der Waals surface area contributed by atoms with Crippen LogP contribution in [0.1, 0.15) is 41.1 Å². The highest BCUT2D eigenvalue weighted by molar-refractivity contribution is 6.01. The van der Waals surface area contributed by atoms with E-state index in [1.54, 1.807) is 36.4 Å². The number of carbonyl (C=O) groups is 2. The van der Waals surface area contributed by atoms with E-state index >= 15 is 0 Å². The lowest BCUT2D eigenvalue weighted by atomic mass is 9.86. The lowest BCUT2D eigenvalue weighted by Crippen LogP contribution is -2.13. The predicted octanol–water partition coefficient (Wildman–Crippen LogP) is 3.43. The van der Waals surface area contributed by atoms with Crippen molar-refractivity contribution in [1.82, 2.24) is 0 Å². The number of Topliss-reactive ketones (excluding diaryl/α,β-unsaturated/α-hetero) is 1. The predicted molar refractivity (Wildman–Crippen MR) is 83.2 cm³/mol. The van der Waals surface area contributed by atoms with Gasteiger partial charge in [0, 0.05) is 17.9 Å². The largest absolute Gasteiger partial charge is 0.508 e. The van der Waals surface area contributed by atoms with Crippen LogP contribution in [0.5, 0.6) is 11.5 Å². The molecule has 0 saturated heterocycles. The molecule has 2 N–H and O–H groups in total. The highest BCUT2D eigenvalue weighted by Crippen LogP contribution is 2.28. The fourth-order valence-electron chi connectivity index (χ4n) is 2.39. The molecule has 1 atom stereocenters. The molecule has 0 fully saturated rings. The molecule has 0 aliphatic rings. The fraction of sp³-hybridized carbons (Fsp3) is 0.222. The highest BCUT2D eigenvalue weighted by Gasteiger charge is 2.21. The third-order valence-corrected chi connectivity index (χ3v) is 3.58. The standard InChI is InChI=1S/C18H18O4/c19-12-2-1-3-17(13-4-8-15(20)9-5-13)18(22)14-6-10-16(21)11-7-14/h4-12,17,20-21H,1-3H2. The van der Waals surface area contributed by atoms with E-state index in [0.717, 1.165) is 11.8 Å². The minimum absolute atomic E-state index is 0.0587. The Morgan fingerprint density at radius 3 is 2.05 bits per heavy atom. The van der Waals surface area contributed by atoms with Gasteiger partial charge in [-0.1, -0.05) is 12.1 Å². The van der Waals surface area contributed by atoms with E-state index in [9.17, 15) is 19.8 Å². The summed E-state index contributed by atoms with van der Waals surface area (Å²) in [5.74, 6) is -0.173. The van der Waals surface area contributed by atoms with Crippen LogP contribution in [-0.2, 0) is 4.79 Å². The van der Waals surface area contributed by atoms with E-state index in [0.29, 0.717) is 24.8 Å². The second kappa shape index (κ2) is 7.41. The number of unbranched alkanes of at least 4 members (excludes halogenated alkanes) is 1. The Morgan fingerprint density at radius 1 is 0.955 bits per heavy atom. The van der Waals surface area contributed by atoms with Gasteiger partial charge in [0.15, 0.2) is 5.78 Å². The Morgan fingerprint density at radius 2 is 1.50 bits per heavy atom. The zero-order valence-corrected chi connectivity index (χ0v) is 12.1. The van der Waals surface area contributed by atoms with Crippen LogP contribution in [0.25, 0.3) is 0 Å². The molecule has 0 aliphatic heterocycles. The Bertz CT molecular complexity index is 629. The monoisotopic (exact) mass is 298 g/mol. The summed E-state index contributed by atoms with van der Waals surface area (Å²) in [4.78, 5) is 23.2. The van der Waals surface area contributed by atoms with E-state index in [2.05, 4.69) is 0 Å². The second-order valence-corrected chi connectivity index (χ2v) is 5.15. The normalized spacial score (nSPS) is 11.8. The van der Waals surface area contributed by atoms with Gasteiger partial charge in [-0.15, -0.1) is 0 Å². The molecule has 0 spiro atoms. The average molecular weight is 298 g/mol. The zero-order chi connectivity index (χ0) is 15.9. The third-order valence-electron chi connectivity index (χ3n) is 3.58. The first-order valence-corrected chi connectivity index (χ1v) is 7.17. The van der Waals surface area contributed by atoms with Crippen molar-refractivity contribution in [2.45, 2.75) is 25.2 Å². The topological polar surface area (TPSA) is 74.6 Å². The molecule has 0 radical (unpaired) electrons. The molecular formula is C18H18O4. The van der Waals surface area contributed by atoms with Crippen LogP contribution >= 0.6 is 0 Å². The van der Waals surface area contributed by atoms with E-state index in [-0.39, 0.29) is 23.2 Å². The van der Waals surface area contributed by atoms with E-state index in [1.807, 2.05) is 0 Å². The van der Waals surface area contributed by atoms with Crippen molar-refractivity contribution in [1.29, 1.82) is 0 Å². The molecule has 4 heteroatoms. The van der Waals surface area contributed by atoms with Gasteiger partial charge in [-0.2, -0.15) is 0 Å². The number of aldehydes is 1. The summed E-state index contributed by atoms with van der Waals surface area (Å²) in [5, 5.41) is 18.7. The molecule has 0 amide bonds. The summed E-state index contributed by atoms with van der Waals surface area (Å²) < 4.78 is 0. The van der Waals surface area contributed by atoms with E-state index < -0.39 is 0 Å². The molecule has 114 valence electrons. The SMILES string of the molecule is O=CCCCC(C(=O)c1ccc(O)cc1)c1ccc(O)cc1. The summed E-state index contributed by atoms with van der Waals surface area (Å²) in [6, 6.07) is 12.7. The van der Waals surface area contributed by atoms with E-state index in [1.165, 1.54) is 12.1 Å². The number of phenolic OH excluding ortho intramolecular Hbond substituents is 2. The Balaban J connectivity index is 2.26. The average Bonchev–Trinajstić information content (AvgIpc) is 2.53. The summed E-state index contributed by atoms with van der Waals surface area (Å²) in [6.07, 6.45) is 2.44. The number of hydrogen-bond acceptors (Lipinski definition) is 4. The van der Waals surface area contributed by atoms with Crippen LogP contribution in [0, 0.1) is 0 Å². The minimum atomic E-state index is -0.370. The Kier molecular flexibility index (Phi) is 5.31. The van der Waals surface area contributed by atoms with Crippen molar-refractivity contribution in [2.75, 3.05) is 0 Å². The van der Waals surface area contributed by atoms with Crippen molar-refractivity contribution in [3.63, 3.8) is 0 Å². The summed E-state index contributed by atoms with van der Waals surface area (Å²) in [7, 11) is 0. The Hall–Kier alpha value is -2.62. The minimum Gasteiger partial charge on any atom is -0.508 e. The second-order valence-electron chi connectivity index (χ2n) is 5.15. The highest BCUT2D eigenvalue weighted by atomic mass is 16.3.